The van der Waals surface area contributed by atoms with Crippen LogP contribution < -0.4 is 9.47 Å². The first kappa shape index (κ1) is 18.1. The summed E-state index contributed by atoms with van der Waals surface area (Å²) >= 11 is 6.96. The van der Waals surface area contributed by atoms with Crippen LogP contribution in [0.1, 0.15) is 15.2 Å². The van der Waals surface area contributed by atoms with Crippen LogP contribution in [0.5, 0.6) is 11.5 Å². The summed E-state index contributed by atoms with van der Waals surface area (Å²) in [5.74, 6) is -0.366. The fourth-order valence-electron chi connectivity index (χ4n) is 2.13. The lowest BCUT2D eigenvalue weighted by Crippen LogP contribution is -2.34. The van der Waals surface area contributed by atoms with Crippen LogP contribution in [0.4, 0.5) is 0 Å². The number of carbonyl (C=O) groups is 2. The van der Waals surface area contributed by atoms with Crippen molar-refractivity contribution in [3.63, 3.8) is 0 Å². The van der Waals surface area contributed by atoms with Gasteiger partial charge < -0.3 is 19.5 Å². The van der Waals surface area contributed by atoms with Crippen LogP contribution in [0.15, 0.2) is 30.3 Å². The molecule has 0 saturated carbocycles. The smallest absolute Gasteiger partial charge is 0.323 e. The van der Waals surface area contributed by atoms with Crippen LogP contribution in [0.25, 0.3) is 0 Å². The van der Waals surface area contributed by atoms with Crippen molar-refractivity contribution in [1.29, 1.82) is 0 Å². The van der Waals surface area contributed by atoms with Gasteiger partial charge in [-0.2, -0.15) is 0 Å². The molecule has 1 N–H and O–H groups in total. The molecule has 0 unspecified atom stereocenters. The predicted molar refractivity (Wildman–Crippen MR) is 91.3 cm³/mol. The number of ether oxygens (including phenoxy) is 2. The molecule has 0 bridgehead atoms. The highest BCUT2D eigenvalue weighted by Gasteiger charge is 2.21. The molecule has 1 heterocycles. The average Bonchev–Trinajstić information content (AvgIpc) is 2.99. The Kier molecular flexibility index (Phi) is 6.05. The van der Waals surface area contributed by atoms with E-state index in [2.05, 4.69) is 0 Å². The van der Waals surface area contributed by atoms with Gasteiger partial charge >= 0.3 is 5.97 Å². The molecule has 128 valence electrons. The van der Waals surface area contributed by atoms with E-state index in [1.807, 2.05) is 0 Å². The third kappa shape index (κ3) is 4.62. The van der Waals surface area contributed by atoms with Crippen LogP contribution in [0.3, 0.4) is 0 Å². The molecule has 2 aromatic rings. The van der Waals surface area contributed by atoms with Gasteiger partial charge in [0.2, 0.25) is 0 Å². The highest BCUT2D eigenvalue weighted by Crippen LogP contribution is 2.26. The van der Waals surface area contributed by atoms with Gasteiger partial charge in [-0.1, -0.05) is 11.6 Å². The molecule has 0 aliphatic heterocycles. The zero-order chi connectivity index (χ0) is 17.7. The van der Waals surface area contributed by atoms with Crippen LogP contribution in [0, 0.1) is 0 Å². The molecule has 1 amide bonds. The number of thiophene rings is 1. The maximum atomic E-state index is 12.6. The summed E-state index contributed by atoms with van der Waals surface area (Å²) in [4.78, 5) is 25.3. The molecule has 0 spiro atoms. The minimum atomic E-state index is -1.10. The fourth-order valence-corrected chi connectivity index (χ4v) is 3.14. The lowest BCUT2D eigenvalue weighted by atomic mass is 10.1. The number of hydrogen-bond donors (Lipinski definition) is 1. The number of hydrogen-bond acceptors (Lipinski definition) is 5. The molecule has 0 atom stereocenters. The molecule has 24 heavy (non-hydrogen) atoms. The molecule has 0 radical (unpaired) electrons. The van der Waals surface area contributed by atoms with Crippen molar-refractivity contribution in [2.75, 3.05) is 20.8 Å². The van der Waals surface area contributed by atoms with Crippen molar-refractivity contribution in [3.8, 4) is 11.5 Å². The van der Waals surface area contributed by atoms with E-state index in [1.165, 1.54) is 19.1 Å². The summed E-state index contributed by atoms with van der Waals surface area (Å²) < 4.78 is 10.9. The Bertz CT molecular complexity index is 724. The van der Waals surface area contributed by atoms with Gasteiger partial charge in [0.05, 0.1) is 23.4 Å². The predicted octanol–water partition coefficient (Wildman–Crippen LogP) is 3.15. The van der Waals surface area contributed by atoms with E-state index in [4.69, 9.17) is 26.2 Å². The number of carboxylic acid groups (broad SMARTS) is 1. The molecule has 0 fully saturated rings. The number of halogens is 1. The lowest BCUT2D eigenvalue weighted by Gasteiger charge is -2.21. The quantitative estimate of drug-likeness (QED) is 0.811. The third-order valence-electron chi connectivity index (χ3n) is 3.18. The maximum absolute atomic E-state index is 12.6. The van der Waals surface area contributed by atoms with E-state index < -0.39 is 18.4 Å². The van der Waals surface area contributed by atoms with Gasteiger partial charge in [0.25, 0.3) is 5.91 Å². The van der Waals surface area contributed by atoms with Crippen LogP contribution >= 0.6 is 22.9 Å². The number of amides is 1. The van der Waals surface area contributed by atoms with Crippen molar-refractivity contribution in [1.82, 2.24) is 4.90 Å². The first-order chi connectivity index (χ1) is 11.4. The Morgan fingerprint density at radius 2 is 1.79 bits per heavy atom. The van der Waals surface area contributed by atoms with Crippen molar-refractivity contribution < 1.29 is 24.2 Å². The highest BCUT2D eigenvalue weighted by atomic mass is 35.5. The normalized spacial score (nSPS) is 10.3. The van der Waals surface area contributed by atoms with Crippen molar-refractivity contribution in [2.24, 2.45) is 0 Å². The SMILES string of the molecule is COc1cc(CN(CC(=O)O)C(=O)c2ccc(Cl)s2)cc(OC)c1. The Balaban J connectivity index is 2.28. The molecule has 2 rings (SSSR count). The van der Waals surface area contributed by atoms with Crippen LogP contribution in [-0.2, 0) is 11.3 Å². The van der Waals surface area contributed by atoms with Gasteiger partial charge in [-0.25, -0.2) is 0 Å². The van der Waals surface area contributed by atoms with Crippen LogP contribution in [-0.4, -0.2) is 42.6 Å². The molecule has 0 saturated heterocycles. The molecular formula is C16H16ClNO5S. The number of carboxylic acids is 1. The third-order valence-corrected chi connectivity index (χ3v) is 4.40. The monoisotopic (exact) mass is 369 g/mol. The largest absolute Gasteiger partial charge is 0.497 e. The van der Waals surface area contributed by atoms with E-state index in [1.54, 1.807) is 30.3 Å². The zero-order valence-corrected chi connectivity index (χ0v) is 14.7. The minimum absolute atomic E-state index is 0.105. The first-order valence-corrected chi connectivity index (χ1v) is 8.10. The molecule has 1 aromatic heterocycles. The number of methoxy groups -OCH3 is 2. The van der Waals surface area contributed by atoms with E-state index in [9.17, 15) is 9.59 Å². The molecule has 6 nitrogen and oxygen atoms in total. The summed E-state index contributed by atoms with van der Waals surface area (Å²) in [6, 6.07) is 8.34. The van der Waals surface area contributed by atoms with Gasteiger partial charge in [0, 0.05) is 12.6 Å². The Morgan fingerprint density at radius 3 is 2.25 bits per heavy atom. The summed E-state index contributed by atoms with van der Waals surface area (Å²) in [6.45, 7) is -0.317. The molecule has 0 aliphatic rings. The molecule has 1 aromatic carbocycles. The topological polar surface area (TPSA) is 76.1 Å². The first-order valence-electron chi connectivity index (χ1n) is 6.91. The minimum Gasteiger partial charge on any atom is -0.497 e. The Hall–Kier alpha value is -2.25. The average molecular weight is 370 g/mol. The second-order valence-corrected chi connectivity index (χ2v) is 6.59. The van der Waals surface area contributed by atoms with Crippen molar-refractivity contribution in [3.05, 3.63) is 45.1 Å². The zero-order valence-electron chi connectivity index (χ0n) is 13.1. The summed E-state index contributed by atoms with van der Waals surface area (Å²) in [5, 5.41) is 9.10. The van der Waals surface area contributed by atoms with Gasteiger partial charge in [-0.15, -0.1) is 11.3 Å². The van der Waals surface area contributed by atoms with Gasteiger partial charge in [-0.3, -0.25) is 9.59 Å². The van der Waals surface area contributed by atoms with E-state index in [-0.39, 0.29) is 6.54 Å². The lowest BCUT2D eigenvalue weighted by molar-refractivity contribution is -0.137. The molecular weight excluding hydrogens is 354 g/mol. The van der Waals surface area contributed by atoms with Gasteiger partial charge in [0.15, 0.2) is 0 Å². The second-order valence-electron chi connectivity index (χ2n) is 4.88. The molecule has 0 aliphatic carbocycles. The van der Waals surface area contributed by atoms with Gasteiger partial charge in [-0.05, 0) is 29.8 Å². The standard InChI is InChI=1S/C16H16ClNO5S/c1-22-11-5-10(6-12(7-11)23-2)8-18(9-15(19)20)16(21)13-3-4-14(17)24-13/h3-7H,8-9H2,1-2H3,(H,19,20). The Labute approximate surface area is 148 Å². The van der Waals surface area contributed by atoms with Gasteiger partial charge in [0.1, 0.15) is 18.0 Å². The summed E-state index contributed by atoms with van der Waals surface area (Å²) in [7, 11) is 3.04. The number of benzene rings is 1. The highest BCUT2D eigenvalue weighted by molar-refractivity contribution is 7.17. The van der Waals surface area contributed by atoms with E-state index in [0.29, 0.717) is 26.3 Å². The second kappa shape index (κ2) is 8.03. The van der Waals surface area contributed by atoms with Crippen molar-refractivity contribution in [2.45, 2.75) is 6.54 Å². The fraction of sp³-hybridized carbons (Fsp3) is 0.250. The Morgan fingerprint density at radius 1 is 1.17 bits per heavy atom. The summed E-state index contributed by atoms with van der Waals surface area (Å²) in [5.41, 5.74) is 0.698. The van der Waals surface area contributed by atoms with E-state index in [0.717, 1.165) is 11.3 Å². The number of nitrogens with zero attached hydrogens (tertiary/aromatic N) is 1. The molecule has 8 heteroatoms. The maximum Gasteiger partial charge on any atom is 0.323 e. The summed E-state index contributed by atoms with van der Waals surface area (Å²) in [6.07, 6.45) is 0. The number of rotatable bonds is 7. The van der Waals surface area contributed by atoms with Crippen LogP contribution in [0.2, 0.25) is 4.34 Å². The van der Waals surface area contributed by atoms with Crippen molar-refractivity contribution >= 4 is 34.8 Å². The van der Waals surface area contributed by atoms with E-state index >= 15 is 0 Å². The number of aliphatic carboxylic acids is 1. The number of carbonyl (C=O) groups excluding carboxylic acids is 1.